The second-order valence-electron chi connectivity index (χ2n) is 30.9. The van der Waals surface area contributed by atoms with Gasteiger partial charge in [-0.25, -0.2) is 9.13 Å². The number of hydrogen-bond donors (Lipinski definition) is 3. The smallest absolute Gasteiger partial charge is 0.462 e. The third-order valence-electron chi connectivity index (χ3n) is 20.4. The van der Waals surface area contributed by atoms with Crippen LogP contribution in [0.4, 0.5) is 0 Å². The van der Waals surface area contributed by atoms with Crippen LogP contribution in [0.25, 0.3) is 0 Å². The lowest BCUT2D eigenvalue weighted by Gasteiger charge is -2.21. The summed E-state index contributed by atoms with van der Waals surface area (Å²) in [6.07, 6.45) is 75.2. The lowest BCUT2D eigenvalue weighted by molar-refractivity contribution is -0.161. The van der Waals surface area contributed by atoms with Gasteiger partial charge in [-0.2, -0.15) is 0 Å². The molecule has 0 rings (SSSR count). The van der Waals surface area contributed by atoms with Crippen LogP contribution in [0.15, 0.2) is 0 Å². The number of unbranched alkanes of at least 4 members (excludes halogenated alkanes) is 61. The van der Waals surface area contributed by atoms with Crippen LogP contribution in [0.1, 0.15) is 471 Å². The van der Waals surface area contributed by atoms with Gasteiger partial charge in [0.05, 0.1) is 26.4 Å². The van der Waals surface area contributed by atoms with E-state index < -0.39 is 97.5 Å². The average Bonchev–Trinajstić information content (AvgIpc) is 0.906. The summed E-state index contributed by atoms with van der Waals surface area (Å²) < 4.78 is 68.8. The average molecular weight is 1540 g/mol. The maximum Gasteiger partial charge on any atom is 0.472 e. The molecule has 3 N–H and O–H groups in total. The number of hydrogen-bond acceptors (Lipinski definition) is 15. The van der Waals surface area contributed by atoms with Crippen molar-refractivity contribution in [1.29, 1.82) is 0 Å². The van der Waals surface area contributed by atoms with E-state index in [1.165, 1.54) is 302 Å². The second-order valence-corrected chi connectivity index (χ2v) is 33.8. The van der Waals surface area contributed by atoms with Gasteiger partial charge in [0.2, 0.25) is 0 Å². The normalized spacial score (nSPS) is 13.7. The van der Waals surface area contributed by atoms with Crippen LogP contribution in [0.5, 0.6) is 0 Å². The molecule has 0 spiro atoms. The van der Waals surface area contributed by atoms with Gasteiger partial charge >= 0.3 is 39.5 Å². The fraction of sp³-hybridized carbons (Fsp3) is 0.953. The Kier molecular flexibility index (Phi) is 78.6. The lowest BCUT2D eigenvalue weighted by Crippen LogP contribution is -2.30. The van der Waals surface area contributed by atoms with Crippen LogP contribution in [-0.4, -0.2) is 96.7 Å². The van der Waals surface area contributed by atoms with E-state index >= 15 is 0 Å². The number of phosphoric acid groups is 2. The van der Waals surface area contributed by atoms with Crippen molar-refractivity contribution in [2.45, 2.75) is 489 Å². The van der Waals surface area contributed by atoms with Crippen LogP contribution in [0, 0.1) is 0 Å². The molecule has 105 heavy (non-hydrogen) atoms. The Balaban J connectivity index is 5.19. The van der Waals surface area contributed by atoms with Gasteiger partial charge in [-0.05, 0) is 25.7 Å². The minimum Gasteiger partial charge on any atom is -0.462 e. The maximum atomic E-state index is 13.1. The molecule has 0 aromatic carbocycles. The van der Waals surface area contributed by atoms with Gasteiger partial charge in [-0.3, -0.25) is 37.3 Å². The zero-order valence-corrected chi connectivity index (χ0v) is 70.5. The fourth-order valence-corrected chi connectivity index (χ4v) is 15.1. The van der Waals surface area contributed by atoms with Crippen molar-refractivity contribution in [3.05, 3.63) is 0 Å². The first-order valence-electron chi connectivity index (χ1n) is 44.8. The van der Waals surface area contributed by atoms with E-state index in [9.17, 15) is 43.2 Å². The van der Waals surface area contributed by atoms with Gasteiger partial charge in [0.15, 0.2) is 12.2 Å². The van der Waals surface area contributed by atoms with Crippen molar-refractivity contribution in [2.24, 2.45) is 0 Å². The predicted octanol–water partition coefficient (Wildman–Crippen LogP) is 26.5. The molecule has 0 aliphatic heterocycles. The van der Waals surface area contributed by atoms with Gasteiger partial charge in [0.1, 0.15) is 19.3 Å². The molecule has 0 bridgehead atoms. The van der Waals surface area contributed by atoms with Crippen molar-refractivity contribution in [3.63, 3.8) is 0 Å². The van der Waals surface area contributed by atoms with Crippen LogP contribution in [0.2, 0.25) is 0 Å². The van der Waals surface area contributed by atoms with Gasteiger partial charge in [-0.1, -0.05) is 419 Å². The number of phosphoric ester groups is 2. The number of carbonyl (C=O) groups excluding carboxylic acids is 4. The molecule has 2 unspecified atom stereocenters. The van der Waals surface area contributed by atoms with Crippen LogP contribution < -0.4 is 0 Å². The predicted molar refractivity (Wildman–Crippen MR) is 432 cm³/mol. The fourth-order valence-electron chi connectivity index (χ4n) is 13.5. The molecule has 0 aromatic heterocycles. The maximum absolute atomic E-state index is 13.1. The van der Waals surface area contributed by atoms with E-state index in [2.05, 4.69) is 27.7 Å². The first-order valence-corrected chi connectivity index (χ1v) is 47.8. The molecule has 0 heterocycles. The van der Waals surface area contributed by atoms with E-state index in [1.807, 2.05) is 0 Å². The minimum atomic E-state index is -4.96. The summed E-state index contributed by atoms with van der Waals surface area (Å²) in [5, 5.41) is 10.7. The number of aliphatic hydroxyl groups is 1. The van der Waals surface area contributed by atoms with Gasteiger partial charge in [-0.15, -0.1) is 0 Å². The summed E-state index contributed by atoms with van der Waals surface area (Å²) in [7, 11) is -9.92. The largest absolute Gasteiger partial charge is 0.472 e. The molecule has 5 atom stereocenters. The Morgan fingerprint density at radius 2 is 0.381 bits per heavy atom. The van der Waals surface area contributed by atoms with Crippen molar-refractivity contribution < 1.29 is 80.2 Å². The summed E-state index contributed by atoms with van der Waals surface area (Å²) in [5.74, 6) is -2.10. The zero-order valence-electron chi connectivity index (χ0n) is 68.7. The standard InChI is InChI=1S/C86H168O17P2/c1-5-9-13-17-21-25-28-31-34-36-38-40-42-44-46-49-51-55-59-63-67-71-84(89)97-77-82(103-86(91)73-69-65-61-57-53-50-47-45-43-41-39-37-35-32-29-26-22-18-14-10-6-2)79-101-105(94,95)99-75-80(87)74-98-104(92,93)100-78-81(76-96-83(88)70-66-62-58-54-24-20-16-12-8-4)102-85(90)72-68-64-60-56-52-48-33-30-27-23-19-15-11-7-3/h80-82,87H,5-79H2,1-4H3,(H,92,93)(H,94,95)/t80-,81+,82+/m0/s1. The molecule has 0 aromatic rings. The van der Waals surface area contributed by atoms with Crippen molar-refractivity contribution in [3.8, 4) is 0 Å². The number of carbonyl (C=O) groups is 4. The molecule has 0 amide bonds. The molecule has 0 aliphatic rings. The topological polar surface area (TPSA) is 237 Å². The van der Waals surface area contributed by atoms with Gasteiger partial charge in [0, 0.05) is 25.7 Å². The second kappa shape index (κ2) is 80.1. The molecule has 0 fully saturated rings. The van der Waals surface area contributed by atoms with Gasteiger partial charge < -0.3 is 33.8 Å². The van der Waals surface area contributed by atoms with Crippen LogP contribution in [-0.2, 0) is 65.4 Å². The molecular formula is C86H168O17P2. The monoisotopic (exact) mass is 1540 g/mol. The zero-order chi connectivity index (χ0) is 76.7. The van der Waals surface area contributed by atoms with E-state index in [1.54, 1.807) is 0 Å². The van der Waals surface area contributed by atoms with Crippen molar-refractivity contribution >= 4 is 39.5 Å². The Hall–Kier alpha value is -1.94. The van der Waals surface area contributed by atoms with Crippen molar-refractivity contribution in [1.82, 2.24) is 0 Å². The molecule has 17 nitrogen and oxygen atoms in total. The third-order valence-corrected chi connectivity index (χ3v) is 22.3. The molecule has 0 radical (unpaired) electrons. The number of esters is 4. The van der Waals surface area contributed by atoms with Crippen LogP contribution in [0.3, 0.4) is 0 Å². The lowest BCUT2D eigenvalue weighted by atomic mass is 10.0. The van der Waals surface area contributed by atoms with Gasteiger partial charge in [0.25, 0.3) is 0 Å². The minimum absolute atomic E-state index is 0.109. The highest BCUT2D eigenvalue weighted by Gasteiger charge is 2.30. The molecule has 0 saturated carbocycles. The quantitative estimate of drug-likeness (QED) is 0.0222. The Morgan fingerprint density at radius 1 is 0.229 bits per heavy atom. The molecule has 0 saturated heterocycles. The van der Waals surface area contributed by atoms with Crippen molar-refractivity contribution in [2.75, 3.05) is 39.6 Å². The molecule has 0 aliphatic carbocycles. The SMILES string of the molecule is CCCCCCCCCCCCCCCCCCCCCCCC(=O)OC[C@H](COP(=O)(O)OC[C@@H](O)COP(=O)(O)OC[C@@H](COC(=O)CCCCCCCCCCC)OC(=O)CCCCCCCCCCCCCCCC)OC(=O)CCCCCCCCCCCCCCCCCCCCCCC. The highest BCUT2D eigenvalue weighted by atomic mass is 31.2. The van der Waals surface area contributed by atoms with E-state index in [-0.39, 0.29) is 25.7 Å². The van der Waals surface area contributed by atoms with E-state index in [0.717, 1.165) is 89.9 Å². The Bertz CT molecular complexity index is 1980. The Morgan fingerprint density at radius 3 is 0.562 bits per heavy atom. The number of rotatable bonds is 87. The molecule has 19 heteroatoms. The number of aliphatic hydroxyl groups excluding tert-OH is 1. The van der Waals surface area contributed by atoms with E-state index in [0.29, 0.717) is 25.7 Å². The van der Waals surface area contributed by atoms with E-state index in [4.69, 9.17) is 37.0 Å². The highest BCUT2D eigenvalue weighted by molar-refractivity contribution is 7.47. The summed E-state index contributed by atoms with van der Waals surface area (Å²) in [6.45, 7) is 5.04. The first-order chi connectivity index (χ1) is 51.2. The summed E-state index contributed by atoms with van der Waals surface area (Å²) in [4.78, 5) is 73.1. The molecule has 624 valence electrons. The third kappa shape index (κ3) is 79.9. The number of ether oxygens (including phenoxy) is 4. The Labute approximate surface area is 645 Å². The molecular weight excluding hydrogens is 1370 g/mol. The summed E-state index contributed by atoms with van der Waals surface area (Å²) in [5.41, 5.74) is 0. The first kappa shape index (κ1) is 103. The van der Waals surface area contributed by atoms with Crippen LogP contribution >= 0.6 is 15.6 Å². The summed E-state index contributed by atoms with van der Waals surface area (Å²) in [6, 6.07) is 0. The highest BCUT2D eigenvalue weighted by Crippen LogP contribution is 2.45. The summed E-state index contributed by atoms with van der Waals surface area (Å²) >= 11 is 0.